The SMILES string of the molecule is CCCCn1c(N)c(N(CC)CC(=O)Nc2sc3c(c2C(N)=O)CCCC3)c(=O)[nH]c1=O. The summed E-state index contributed by atoms with van der Waals surface area (Å²) in [5, 5.41) is 3.24. The van der Waals surface area contributed by atoms with E-state index in [-0.39, 0.29) is 18.1 Å². The Hall–Kier alpha value is -3.08. The number of unbranched alkanes of at least 4 members (excludes halogenated alkanes) is 1. The van der Waals surface area contributed by atoms with Gasteiger partial charge in [-0.1, -0.05) is 13.3 Å². The zero-order valence-corrected chi connectivity index (χ0v) is 19.3. The smallest absolute Gasteiger partial charge is 0.330 e. The summed E-state index contributed by atoms with van der Waals surface area (Å²) in [5.41, 5.74) is 12.0. The largest absolute Gasteiger partial charge is 0.383 e. The number of nitrogens with zero attached hydrogens (tertiary/aromatic N) is 2. The van der Waals surface area contributed by atoms with Gasteiger partial charge in [0.1, 0.15) is 16.5 Å². The summed E-state index contributed by atoms with van der Waals surface area (Å²) in [7, 11) is 0. The number of H-pyrrole nitrogens is 1. The fraction of sp³-hybridized carbons (Fsp3) is 0.524. The molecule has 0 saturated heterocycles. The van der Waals surface area contributed by atoms with Gasteiger partial charge in [-0.15, -0.1) is 11.3 Å². The highest BCUT2D eigenvalue weighted by molar-refractivity contribution is 7.17. The number of aryl methyl sites for hydroxylation is 1. The highest BCUT2D eigenvalue weighted by Gasteiger charge is 2.26. The van der Waals surface area contributed by atoms with Crippen LogP contribution in [0.15, 0.2) is 9.59 Å². The molecule has 1 aliphatic carbocycles. The molecule has 2 aromatic heterocycles. The van der Waals surface area contributed by atoms with Gasteiger partial charge in [0.2, 0.25) is 5.91 Å². The molecule has 2 heterocycles. The zero-order valence-electron chi connectivity index (χ0n) is 18.5. The van der Waals surface area contributed by atoms with E-state index in [0.29, 0.717) is 23.7 Å². The summed E-state index contributed by atoms with van der Waals surface area (Å²) in [6.07, 6.45) is 5.23. The Morgan fingerprint density at radius 2 is 1.94 bits per heavy atom. The van der Waals surface area contributed by atoms with Crippen LogP contribution < -0.4 is 32.9 Å². The van der Waals surface area contributed by atoms with Crippen molar-refractivity contribution in [1.29, 1.82) is 0 Å². The van der Waals surface area contributed by atoms with Crippen LogP contribution in [0.1, 0.15) is 60.3 Å². The number of nitrogens with one attached hydrogen (secondary N) is 2. The van der Waals surface area contributed by atoms with Gasteiger partial charge in [0.25, 0.3) is 11.5 Å². The van der Waals surface area contributed by atoms with Crippen LogP contribution in [0.4, 0.5) is 16.5 Å². The molecule has 0 fully saturated rings. The number of anilines is 3. The Labute approximate surface area is 189 Å². The Morgan fingerprint density at radius 1 is 1.22 bits per heavy atom. The first-order chi connectivity index (χ1) is 15.3. The molecule has 0 radical (unpaired) electrons. The molecule has 0 aromatic carbocycles. The van der Waals surface area contributed by atoms with Crippen LogP contribution in [-0.2, 0) is 24.2 Å². The van der Waals surface area contributed by atoms with Crippen molar-refractivity contribution in [3.05, 3.63) is 36.8 Å². The van der Waals surface area contributed by atoms with Crippen molar-refractivity contribution in [2.75, 3.05) is 29.0 Å². The Balaban J connectivity index is 1.87. The fourth-order valence-corrected chi connectivity index (χ4v) is 5.34. The Bertz CT molecular complexity index is 1130. The topological polar surface area (TPSA) is 156 Å². The van der Waals surface area contributed by atoms with Crippen LogP contribution in [0.5, 0.6) is 0 Å². The number of thiophene rings is 1. The minimum atomic E-state index is -0.640. The minimum absolute atomic E-state index is 0.0336. The Morgan fingerprint density at radius 3 is 2.59 bits per heavy atom. The predicted octanol–water partition coefficient (Wildman–Crippen LogP) is 1.42. The van der Waals surface area contributed by atoms with Gasteiger partial charge >= 0.3 is 5.69 Å². The summed E-state index contributed by atoms with van der Waals surface area (Å²) in [4.78, 5) is 54.5. The first kappa shape index (κ1) is 23.6. The molecule has 0 spiro atoms. The van der Waals surface area contributed by atoms with Crippen molar-refractivity contribution in [2.45, 2.75) is 58.9 Å². The van der Waals surface area contributed by atoms with Gasteiger partial charge in [-0.05, 0) is 44.6 Å². The molecular weight excluding hydrogens is 432 g/mol. The number of primary amides is 1. The number of hydrogen-bond acceptors (Lipinski definition) is 7. The monoisotopic (exact) mass is 462 g/mol. The molecule has 2 aromatic rings. The summed E-state index contributed by atoms with van der Waals surface area (Å²) < 4.78 is 1.32. The lowest BCUT2D eigenvalue weighted by Crippen LogP contribution is -2.41. The van der Waals surface area contributed by atoms with Gasteiger partial charge in [-0.2, -0.15) is 0 Å². The van der Waals surface area contributed by atoms with E-state index in [2.05, 4.69) is 10.3 Å². The van der Waals surface area contributed by atoms with E-state index in [1.54, 1.807) is 6.92 Å². The molecule has 0 atom stereocenters. The van der Waals surface area contributed by atoms with Crippen LogP contribution in [0.2, 0.25) is 0 Å². The number of nitrogen functional groups attached to an aromatic ring is 1. The lowest BCUT2D eigenvalue weighted by molar-refractivity contribution is -0.114. The molecule has 11 heteroatoms. The normalized spacial score (nSPS) is 12.9. The molecule has 6 N–H and O–H groups in total. The van der Waals surface area contributed by atoms with E-state index in [1.165, 1.54) is 20.8 Å². The second-order valence-electron chi connectivity index (χ2n) is 7.84. The molecule has 3 rings (SSSR count). The standard InChI is InChI=1S/C21H30N6O4S/c1-3-5-10-27-17(22)16(19(30)25-21(27)31)26(4-2)11-14(28)24-20-15(18(23)29)12-8-6-7-9-13(12)32-20/h3-11,22H2,1-2H3,(H2,23,29)(H,24,28)(H,25,30,31). The number of amides is 2. The molecule has 0 bridgehead atoms. The predicted molar refractivity (Wildman–Crippen MR) is 127 cm³/mol. The average molecular weight is 463 g/mol. The van der Waals surface area contributed by atoms with Crippen molar-refractivity contribution in [3.63, 3.8) is 0 Å². The third-order valence-electron chi connectivity index (χ3n) is 5.65. The number of carbonyl (C=O) groups is 2. The first-order valence-electron chi connectivity index (χ1n) is 10.9. The van der Waals surface area contributed by atoms with Gasteiger partial charge in [0.05, 0.1) is 12.1 Å². The fourth-order valence-electron chi connectivity index (χ4n) is 4.02. The number of aromatic amines is 1. The Kier molecular flexibility index (Phi) is 7.39. The van der Waals surface area contributed by atoms with E-state index >= 15 is 0 Å². The van der Waals surface area contributed by atoms with Gasteiger partial charge in [-0.25, -0.2) is 4.79 Å². The number of nitrogens with two attached hydrogens (primary N) is 2. The van der Waals surface area contributed by atoms with E-state index in [0.717, 1.165) is 49.0 Å². The third kappa shape index (κ3) is 4.72. The van der Waals surface area contributed by atoms with Crippen LogP contribution >= 0.6 is 11.3 Å². The summed E-state index contributed by atoms with van der Waals surface area (Å²) >= 11 is 1.38. The highest BCUT2D eigenvalue weighted by atomic mass is 32.1. The van der Waals surface area contributed by atoms with Crippen LogP contribution in [0.25, 0.3) is 0 Å². The lowest BCUT2D eigenvalue weighted by Gasteiger charge is -2.24. The van der Waals surface area contributed by atoms with Gasteiger partial charge in [0, 0.05) is 18.0 Å². The van der Waals surface area contributed by atoms with Gasteiger partial charge < -0.3 is 21.7 Å². The maximum absolute atomic E-state index is 12.9. The first-order valence-corrected chi connectivity index (χ1v) is 11.7. The zero-order chi connectivity index (χ0) is 23.4. The molecule has 174 valence electrons. The molecule has 10 nitrogen and oxygen atoms in total. The van der Waals surface area contributed by atoms with Crippen LogP contribution in [0, 0.1) is 0 Å². The van der Waals surface area contributed by atoms with E-state index in [4.69, 9.17) is 11.5 Å². The second kappa shape index (κ2) is 10.0. The molecule has 0 saturated carbocycles. The number of fused-ring (bicyclic) bond motifs is 1. The summed E-state index contributed by atoms with van der Waals surface area (Å²) in [5.74, 6) is -0.931. The third-order valence-corrected chi connectivity index (χ3v) is 6.86. The molecule has 1 aliphatic rings. The number of hydrogen-bond donors (Lipinski definition) is 4. The van der Waals surface area contributed by atoms with Crippen molar-refractivity contribution in [3.8, 4) is 0 Å². The lowest BCUT2D eigenvalue weighted by atomic mass is 9.95. The maximum atomic E-state index is 12.9. The van der Waals surface area contributed by atoms with E-state index < -0.39 is 23.1 Å². The van der Waals surface area contributed by atoms with E-state index in [9.17, 15) is 19.2 Å². The molecule has 0 aliphatic heterocycles. The van der Waals surface area contributed by atoms with Crippen molar-refractivity contribution < 1.29 is 9.59 Å². The second-order valence-corrected chi connectivity index (χ2v) is 8.95. The molecule has 32 heavy (non-hydrogen) atoms. The average Bonchev–Trinajstić information content (AvgIpc) is 3.10. The number of aromatic nitrogens is 2. The number of likely N-dealkylation sites (N-methyl/N-ethyl adjacent to an activating group) is 1. The number of carbonyl (C=O) groups excluding carboxylic acids is 2. The molecule has 0 unspecified atom stereocenters. The van der Waals surface area contributed by atoms with Gasteiger partial charge in [0.15, 0.2) is 0 Å². The van der Waals surface area contributed by atoms with Crippen molar-refractivity contribution in [1.82, 2.24) is 9.55 Å². The highest BCUT2D eigenvalue weighted by Crippen LogP contribution is 2.37. The number of rotatable bonds is 9. The molecule has 2 amide bonds. The van der Waals surface area contributed by atoms with Crippen molar-refractivity contribution >= 4 is 39.7 Å². The molecular formula is C21H30N6O4S. The van der Waals surface area contributed by atoms with E-state index in [1.807, 2.05) is 6.92 Å². The summed E-state index contributed by atoms with van der Waals surface area (Å²) in [6, 6.07) is 0. The quantitative estimate of drug-likeness (QED) is 0.441. The van der Waals surface area contributed by atoms with Gasteiger partial charge in [-0.3, -0.25) is 23.9 Å². The van der Waals surface area contributed by atoms with Crippen molar-refractivity contribution in [2.24, 2.45) is 5.73 Å². The van der Waals surface area contributed by atoms with Crippen LogP contribution in [-0.4, -0.2) is 34.5 Å². The minimum Gasteiger partial charge on any atom is -0.383 e. The van der Waals surface area contributed by atoms with Crippen LogP contribution in [0.3, 0.4) is 0 Å². The maximum Gasteiger partial charge on any atom is 0.330 e. The summed E-state index contributed by atoms with van der Waals surface area (Å²) in [6.45, 7) is 4.29.